The van der Waals surface area contributed by atoms with Crippen molar-refractivity contribution in [2.24, 2.45) is 5.41 Å². The number of rotatable bonds is 4. The molecule has 1 aliphatic heterocycles. The maximum atomic E-state index is 9.62. The Morgan fingerprint density at radius 2 is 1.69 bits per heavy atom. The monoisotopic (exact) mass is 235 g/mol. The predicted octanol–water partition coefficient (Wildman–Crippen LogP) is 2.78. The van der Waals surface area contributed by atoms with E-state index in [4.69, 9.17) is 4.74 Å². The first kappa shape index (κ1) is 13.8. The molecule has 2 rings (SSSR count). The largest absolute Gasteiger partial charge is 0.384 e. The van der Waals surface area contributed by atoms with E-state index in [1.54, 1.807) is 0 Å². The Bertz CT molecular complexity index is 180. The van der Waals surface area contributed by atoms with Gasteiger partial charge in [0.2, 0.25) is 6.93 Å². The third-order valence-electron chi connectivity index (χ3n) is 3.42. The Morgan fingerprint density at radius 3 is 2.12 bits per heavy atom. The molecule has 0 aromatic heterocycles. The zero-order valence-corrected chi connectivity index (χ0v) is 10.2. The van der Waals surface area contributed by atoms with Crippen LogP contribution in [-0.4, -0.2) is 45.2 Å². The lowest BCUT2D eigenvalue weighted by molar-refractivity contribution is 0.1000. The molecule has 0 spiro atoms. The molecule has 0 aromatic carbocycles. The topological polar surface area (TPSA) is 12.5 Å². The van der Waals surface area contributed by atoms with E-state index in [0.717, 1.165) is 6.61 Å². The van der Waals surface area contributed by atoms with Crippen molar-refractivity contribution in [1.29, 1.82) is 0 Å². The van der Waals surface area contributed by atoms with Crippen LogP contribution in [-0.2, 0) is 4.74 Å². The van der Waals surface area contributed by atoms with Crippen LogP contribution in [0.25, 0.3) is 0 Å². The molecule has 96 valence electrons. The van der Waals surface area contributed by atoms with Crippen molar-refractivity contribution in [2.45, 2.75) is 32.1 Å². The second-order valence-electron chi connectivity index (χ2n) is 4.87. The molecule has 1 saturated heterocycles. The summed E-state index contributed by atoms with van der Waals surface area (Å²) in [6.45, 7) is 3.17. The fourth-order valence-electron chi connectivity index (χ4n) is 2.42. The van der Waals surface area contributed by atoms with Crippen molar-refractivity contribution in [2.75, 3.05) is 40.3 Å². The van der Waals surface area contributed by atoms with Crippen LogP contribution in [0.2, 0.25) is 0 Å². The molecule has 1 saturated carbocycles. The van der Waals surface area contributed by atoms with E-state index in [2.05, 4.69) is 4.90 Å². The van der Waals surface area contributed by atoms with Gasteiger partial charge in [0.15, 0.2) is 0 Å². The maximum absolute atomic E-state index is 9.62. The summed E-state index contributed by atoms with van der Waals surface area (Å²) >= 11 is 0. The summed E-state index contributed by atoms with van der Waals surface area (Å²) in [7, 11) is 1.83. The quantitative estimate of drug-likeness (QED) is 0.743. The SMILES string of the molecule is COCC1(CN2CCCCC2)CC1.FCF. The Kier molecular flexibility index (Phi) is 6.21. The predicted molar refractivity (Wildman–Crippen MR) is 60.9 cm³/mol. The molecular weight excluding hydrogens is 212 g/mol. The van der Waals surface area contributed by atoms with Gasteiger partial charge in [-0.2, -0.15) is 0 Å². The highest BCUT2D eigenvalue weighted by Crippen LogP contribution is 2.46. The fraction of sp³-hybridized carbons (Fsp3) is 1.00. The molecule has 2 nitrogen and oxygen atoms in total. The Hall–Kier alpha value is -0.220. The van der Waals surface area contributed by atoms with Crippen molar-refractivity contribution >= 4 is 0 Å². The van der Waals surface area contributed by atoms with Gasteiger partial charge in [0.05, 0.1) is 6.61 Å². The van der Waals surface area contributed by atoms with Gasteiger partial charge in [-0.3, -0.25) is 0 Å². The number of likely N-dealkylation sites (tertiary alicyclic amines) is 1. The highest BCUT2D eigenvalue weighted by atomic mass is 19.3. The van der Waals surface area contributed by atoms with Gasteiger partial charge < -0.3 is 9.64 Å². The molecule has 2 aliphatic rings. The molecule has 2 fully saturated rings. The van der Waals surface area contributed by atoms with Crippen LogP contribution in [0.1, 0.15) is 32.1 Å². The number of ether oxygens (including phenoxy) is 1. The van der Waals surface area contributed by atoms with Gasteiger partial charge in [-0.15, -0.1) is 0 Å². The summed E-state index contributed by atoms with van der Waals surface area (Å²) in [5.41, 5.74) is 0.562. The van der Waals surface area contributed by atoms with Crippen LogP contribution in [0.5, 0.6) is 0 Å². The summed E-state index contributed by atoms with van der Waals surface area (Å²) in [4.78, 5) is 2.63. The van der Waals surface area contributed by atoms with Gasteiger partial charge in [0.25, 0.3) is 0 Å². The van der Waals surface area contributed by atoms with E-state index < -0.39 is 6.93 Å². The summed E-state index contributed by atoms with van der Waals surface area (Å²) in [5, 5.41) is 0. The van der Waals surface area contributed by atoms with Crippen LogP contribution in [0.3, 0.4) is 0 Å². The van der Waals surface area contributed by atoms with Gasteiger partial charge in [-0.25, -0.2) is 8.78 Å². The molecule has 0 bridgehead atoms. The van der Waals surface area contributed by atoms with E-state index in [0.29, 0.717) is 5.41 Å². The molecule has 0 radical (unpaired) electrons. The molecule has 16 heavy (non-hydrogen) atoms. The molecule has 0 aromatic rings. The first-order valence-corrected chi connectivity index (χ1v) is 6.09. The van der Waals surface area contributed by atoms with Crippen LogP contribution in [0.15, 0.2) is 0 Å². The highest BCUT2D eigenvalue weighted by Gasteiger charge is 2.43. The molecule has 0 N–H and O–H groups in total. The van der Waals surface area contributed by atoms with Gasteiger partial charge in [-0.1, -0.05) is 6.42 Å². The van der Waals surface area contributed by atoms with E-state index in [-0.39, 0.29) is 0 Å². The van der Waals surface area contributed by atoms with Crippen molar-refractivity contribution in [1.82, 2.24) is 4.90 Å². The van der Waals surface area contributed by atoms with E-state index in [1.807, 2.05) is 7.11 Å². The number of hydrogen-bond acceptors (Lipinski definition) is 2. The molecule has 0 amide bonds. The zero-order chi connectivity index (χ0) is 11.9. The molecule has 0 atom stereocenters. The number of halogens is 2. The van der Waals surface area contributed by atoms with Crippen molar-refractivity contribution in [3.63, 3.8) is 0 Å². The van der Waals surface area contributed by atoms with E-state index in [9.17, 15) is 8.78 Å². The van der Waals surface area contributed by atoms with E-state index in [1.165, 1.54) is 51.7 Å². The number of methoxy groups -OCH3 is 1. The lowest BCUT2D eigenvalue weighted by Crippen LogP contribution is -2.36. The van der Waals surface area contributed by atoms with Crippen LogP contribution in [0.4, 0.5) is 8.78 Å². The van der Waals surface area contributed by atoms with Gasteiger partial charge >= 0.3 is 0 Å². The lowest BCUT2D eigenvalue weighted by atomic mass is 10.1. The third kappa shape index (κ3) is 4.74. The summed E-state index contributed by atoms with van der Waals surface area (Å²) in [6, 6.07) is 0. The second kappa shape index (κ2) is 7.17. The zero-order valence-electron chi connectivity index (χ0n) is 10.2. The average Bonchev–Trinajstić information content (AvgIpc) is 3.01. The van der Waals surface area contributed by atoms with Crippen molar-refractivity contribution < 1.29 is 13.5 Å². The van der Waals surface area contributed by atoms with Gasteiger partial charge in [0, 0.05) is 19.1 Å². The minimum absolute atomic E-state index is 0.562. The Morgan fingerprint density at radius 1 is 1.12 bits per heavy atom. The van der Waals surface area contributed by atoms with Gasteiger partial charge in [0.1, 0.15) is 0 Å². The third-order valence-corrected chi connectivity index (χ3v) is 3.42. The molecule has 0 unspecified atom stereocenters. The summed E-state index contributed by atoms with van der Waals surface area (Å²) in [5.74, 6) is 0. The standard InChI is InChI=1S/C11H21NO.CH2F2/c1-13-10-11(5-6-11)9-12-7-3-2-4-8-12;2-1-3/h2-10H2,1H3;1H2. The highest BCUT2D eigenvalue weighted by molar-refractivity contribution is 4.95. The summed E-state index contributed by atoms with van der Waals surface area (Å²) < 4.78 is 24.5. The average molecular weight is 235 g/mol. The molecule has 1 heterocycles. The number of alkyl halides is 2. The Labute approximate surface area is 97.0 Å². The molecular formula is C12H23F2NO. The lowest BCUT2D eigenvalue weighted by Gasteiger charge is -2.30. The van der Waals surface area contributed by atoms with Crippen LogP contribution >= 0.6 is 0 Å². The van der Waals surface area contributed by atoms with Crippen molar-refractivity contribution in [3.05, 3.63) is 0 Å². The van der Waals surface area contributed by atoms with E-state index >= 15 is 0 Å². The normalized spacial score (nSPS) is 23.4. The first-order chi connectivity index (χ1) is 7.76. The summed E-state index contributed by atoms with van der Waals surface area (Å²) in [6.07, 6.45) is 7.02. The second-order valence-corrected chi connectivity index (χ2v) is 4.87. The van der Waals surface area contributed by atoms with Crippen LogP contribution < -0.4 is 0 Å². The molecule has 1 aliphatic carbocycles. The minimum Gasteiger partial charge on any atom is -0.384 e. The number of piperidine rings is 1. The smallest absolute Gasteiger partial charge is 0.229 e. The van der Waals surface area contributed by atoms with Gasteiger partial charge in [-0.05, 0) is 38.8 Å². The number of hydrogen-bond donors (Lipinski definition) is 0. The number of nitrogens with zero attached hydrogens (tertiary/aromatic N) is 1. The minimum atomic E-state index is -1.75. The molecule has 4 heteroatoms. The van der Waals surface area contributed by atoms with Crippen molar-refractivity contribution in [3.8, 4) is 0 Å². The first-order valence-electron chi connectivity index (χ1n) is 6.09. The van der Waals surface area contributed by atoms with Crippen LogP contribution in [0, 0.1) is 5.41 Å². The Balaban J connectivity index is 0.000000386. The maximum Gasteiger partial charge on any atom is 0.229 e. The fourth-order valence-corrected chi connectivity index (χ4v) is 2.42.